The average Bonchev–Trinajstić information content (AvgIpc) is 2.52. The van der Waals surface area contributed by atoms with Gasteiger partial charge < -0.3 is 4.42 Å². The van der Waals surface area contributed by atoms with Gasteiger partial charge in [-0.25, -0.2) is 0 Å². The molecule has 0 unspecified atom stereocenters. The van der Waals surface area contributed by atoms with Crippen molar-refractivity contribution in [2.45, 2.75) is 13.8 Å². The maximum atomic E-state index is 5.40. The number of hydrogen-bond acceptors (Lipinski definition) is 1. The first-order valence-electron chi connectivity index (χ1n) is 4.29. The summed E-state index contributed by atoms with van der Waals surface area (Å²) in [7, 11) is 0. The lowest BCUT2D eigenvalue weighted by Gasteiger charge is -1.92. The molecule has 68 valence electrons. The fourth-order valence-corrected chi connectivity index (χ4v) is 0.972. The van der Waals surface area contributed by atoms with Gasteiger partial charge >= 0.3 is 0 Å². The molecule has 0 N–H and O–H groups in total. The first kappa shape index (κ1) is 9.59. The number of hydrogen-bond donors (Lipinski definition) is 0. The number of aryl methyl sites for hydroxylation is 1. The van der Waals surface area contributed by atoms with Crippen LogP contribution in [0.2, 0.25) is 0 Å². The third-order valence-electron chi connectivity index (χ3n) is 1.66. The number of furan rings is 1. The van der Waals surface area contributed by atoms with E-state index < -0.39 is 0 Å². The number of rotatable bonds is 3. The van der Waals surface area contributed by atoms with Crippen molar-refractivity contribution in [3.8, 4) is 0 Å². The monoisotopic (exact) mass is 174 g/mol. The van der Waals surface area contributed by atoms with Gasteiger partial charge in [0, 0.05) is 5.57 Å². The summed E-state index contributed by atoms with van der Waals surface area (Å²) in [4.78, 5) is 0. The van der Waals surface area contributed by atoms with Crippen molar-refractivity contribution in [3.05, 3.63) is 54.5 Å². The normalized spacial score (nSPS) is 11.5. The van der Waals surface area contributed by atoms with Crippen molar-refractivity contribution in [2.75, 3.05) is 0 Å². The van der Waals surface area contributed by atoms with Crippen LogP contribution in [0.4, 0.5) is 0 Å². The molecule has 0 aliphatic carbocycles. The average molecular weight is 174 g/mol. The van der Waals surface area contributed by atoms with E-state index in [-0.39, 0.29) is 0 Å². The Morgan fingerprint density at radius 3 is 2.69 bits per heavy atom. The molecule has 1 heterocycles. The summed E-state index contributed by atoms with van der Waals surface area (Å²) < 4.78 is 5.40. The molecule has 1 heteroatoms. The van der Waals surface area contributed by atoms with E-state index in [9.17, 15) is 0 Å². The zero-order valence-electron chi connectivity index (χ0n) is 8.08. The van der Waals surface area contributed by atoms with Crippen molar-refractivity contribution in [2.24, 2.45) is 0 Å². The van der Waals surface area contributed by atoms with Crippen molar-refractivity contribution in [3.63, 3.8) is 0 Å². The number of allylic oxidation sites excluding steroid dienone is 5. The first-order valence-corrected chi connectivity index (χ1v) is 4.29. The molecule has 0 saturated heterocycles. The highest BCUT2D eigenvalue weighted by Crippen LogP contribution is 2.16. The van der Waals surface area contributed by atoms with Gasteiger partial charge in [0.2, 0.25) is 0 Å². The van der Waals surface area contributed by atoms with Gasteiger partial charge in [-0.3, -0.25) is 0 Å². The minimum atomic E-state index is 0.832. The van der Waals surface area contributed by atoms with Crippen LogP contribution in [-0.4, -0.2) is 0 Å². The molecule has 0 saturated carbocycles. The van der Waals surface area contributed by atoms with E-state index in [1.54, 1.807) is 0 Å². The minimum absolute atomic E-state index is 0.832. The Bertz CT molecular complexity index is 340. The van der Waals surface area contributed by atoms with Crippen molar-refractivity contribution >= 4 is 5.57 Å². The predicted octanol–water partition coefficient (Wildman–Crippen LogP) is 3.73. The molecule has 1 nitrogen and oxygen atoms in total. The lowest BCUT2D eigenvalue weighted by Crippen LogP contribution is -1.71. The summed E-state index contributed by atoms with van der Waals surface area (Å²) in [5.41, 5.74) is 0.895. The third kappa shape index (κ3) is 2.79. The predicted molar refractivity (Wildman–Crippen MR) is 56.4 cm³/mol. The lowest BCUT2D eigenvalue weighted by molar-refractivity contribution is 0.522. The van der Waals surface area contributed by atoms with Crippen LogP contribution in [0.15, 0.2) is 47.4 Å². The van der Waals surface area contributed by atoms with Gasteiger partial charge in [0.1, 0.15) is 11.5 Å². The van der Waals surface area contributed by atoms with E-state index in [4.69, 9.17) is 4.42 Å². The van der Waals surface area contributed by atoms with Crippen LogP contribution in [0.5, 0.6) is 0 Å². The molecule has 0 atom stereocenters. The van der Waals surface area contributed by atoms with E-state index in [0.29, 0.717) is 0 Å². The smallest absolute Gasteiger partial charge is 0.133 e. The molecular weight excluding hydrogens is 160 g/mol. The largest absolute Gasteiger partial charge is 0.461 e. The van der Waals surface area contributed by atoms with Gasteiger partial charge in [0.05, 0.1) is 0 Å². The lowest BCUT2D eigenvalue weighted by atomic mass is 10.2. The van der Waals surface area contributed by atoms with Crippen molar-refractivity contribution in [1.82, 2.24) is 0 Å². The molecule has 0 aromatic carbocycles. The molecule has 1 rings (SSSR count). The summed E-state index contributed by atoms with van der Waals surface area (Å²) in [5.74, 6) is 1.74. The van der Waals surface area contributed by atoms with Gasteiger partial charge in [-0.2, -0.15) is 0 Å². The SMILES string of the molecule is C=C(/C=C\C=C/C)c1ccc(C)o1. The quantitative estimate of drug-likeness (QED) is 0.636. The van der Waals surface area contributed by atoms with Gasteiger partial charge in [-0.05, 0) is 26.0 Å². The Morgan fingerprint density at radius 2 is 2.15 bits per heavy atom. The molecule has 1 aromatic heterocycles. The molecule has 13 heavy (non-hydrogen) atoms. The summed E-state index contributed by atoms with van der Waals surface area (Å²) in [6.07, 6.45) is 7.80. The zero-order chi connectivity index (χ0) is 9.68. The van der Waals surface area contributed by atoms with Crippen LogP contribution < -0.4 is 0 Å². The standard InChI is InChI=1S/C12H14O/c1-4-5-6-7-10(2)12-9-8-11(3)13-12/h4-9H,2H2,1,3H3/b5-4-,7-6-. The molecule has 0 spiro atoms. The molecule has 1 aromatic rings. The molecule has 0 fully saturated rings. The maximum Gasteiger partial charge on any atom is 0.133 e. The Labute approximate surface area is 79.1 Å². The fraction of sp³-hybridized carbons (Fsp3) is 0.167. The van der Waals surface area contributed by atoms with E-state index in [1.807, 2.05) is 50.3 Å². The van der Waals surface area contributed by atoms with E-state index in [2.05, 4.69) is 6.58 Å². The van der Waals surface area contributed by atoms with E-state index >= 15 is 0 Å². The van der Waals surface area contributed by atoms with Crippen molar-refractivity contribution < 1.29 is 4.42 Å². The topological polar surface area (TPSA) is 13.1 Å². The van der Waals surface area contributed by atoms with Gasteiger partial charge in [0.25, 0.3) is 0 Å². The van der Waals surface area contributed by atoms with Crippen LogP contribution in [-0.2, 0) is 0 Å². The summed E-state index contributed by atoms with van der Waals surface area (Å²) in [6.45, 7) is 7.80. The van der Waals surface area contributed by atoms with Crippen LogP contribution in [0.3, 0.4) is 0 Å². The molecule has 0 bridgehead atoms. The second kappa shape index (κ2) is 4.51. The Morgan fingerprint density at radius 1 is 1.38 bits per heavy atom. The van der Waals surface area contributed by atoms with Gasteiger partial charge in [-0.15, -0.1) is 0 Å². The Kier molecular flexibility index (Phi) is 3.32. The second-order valence-corrected chi connectivity index (χ2v) is 2.82. The van der Waals surface area contributed by atoms with Crippen LogP contribution in [0.25, 0.3) is 5.57 Å². The minimum Gasteiger partial charge on any atom is -0.461 e. The van der Waals surface area contributed by atoms with Crippen LogP contribution in [0, 0.1) is 6.92 Å². The molecule has 0 aliphatic heterocycles. The molecular formula is C12H14O. The zero-order valence-corrected chi connectivity index (χ0v) is 8.08. The van der Waals surface area contributed by atoms with Crippen LogP contribution >= 0.6 is 0 Å². The summed E-state index contributed by atoms with van der Waals surface area (Å²) in [5, 5.41) is 0. The third-order valence-corrected chi connectivity index (χ3v) is 1.66. The van der Waals surface area contributed by atoms with Crippen molar-refractivity contribution in [1.29, 1.82) is 0 Å². The highest BCUT2D eigenvalue weighted by Gasteiger charge is 1.98. The highest BCUT2D eigenvalue weighted by atomic mass is 16.3. The summed E-state index contributed by atoms with van der Waals surface area (Å²) in [6, 6.07) is 3.86. The maximum absolute atomic E-state index is 5.40. The molecule has 0 aliphatic rings. The van der Waals surface area contributed by atoms with E-state index in [1.165, 1.54) is 0 Å². The summed E-state index contributed by atoms with van der Waals surface area (Å²) >= 11 is 0. The fourth-order valence-electron chi connectivity index (χ4n) is 0.972. The highest BCUT2D eigenvalue weighted by molar-refractivity contribution is 5.68. The Balaban J connectivity index is 2.69. The molecule has 0 amide bonds. The van der Waals surface area contributed by atoms with E-state index in [0.717, 1.165) is 17.1 Å². The van der Waals surface area contributed by atoms with Gasteiger partial charge in [-0.1, -0.05) is 30.9 Å². The Hall–Kier alpha value is -1.50. The second-order valence-electron chi connectivity index (χ2n) is 2.82. The van der Waals surface area contributed by atoms with Gasteiger partial charge in [0.15, 0.2) is 0 Å². The molecule has 0 radical (unpaired) electrons. The van der Waals surface area contributed by atoms with Crippen LogP contribution in [0.1, 0.15) is 18.4 Å². The first-order chi connectivity index (χ1) is 6.24.